The van der Waals surface area contributed by atoms with Crippen molar-refractivity contribution in [2.45, 2.75) is 51.1 Å². The summed E-state index contributed by atoms with van der Waals surface area (Å²) in [5, 5.41) is 7.67. The third kappa shape index (κ3) is 3.01. The Balaban J connectivity index is 1.86. The zero-order chi connectivity index (χ0) is 15.0. The van der Waals surface area contributed by atoms with Crippen molar-refractivity contribution < 1.29 is 0 Å². The van der Waals surface area contributed by atoms with Crippen molar-refractivity contribution in [2.75, 3.05) is 11.9 Å². The van der Waals surface area contributed by atoms with Gasteiger partial charge in [-0.05, 0) is 60.4 Å². The molecular weight excluding hydrogens is 332 g/mol. The van der Waals surface area contributed by atoms with Gasteiger partial charge in [-0.1, -0.05) is 6.42 Å². The van der Waals surface area contributed by atoms with Gasteiger partial charge in [0.25, 0.3) is 5.56 Å². The van der Waals surface area contributed by atoms with Crippen LogP contribution in [0.5, 0.6) is 0 Å². The van der Waals surface area contributed by atoms with Gasteiger partial charge in [0.15, 0.2) is 0 Å². The molecule has 1 heterocycles. The monoisotopic (exact) mass is 354 g/mol. The van der Waals surface area contributed by atoms with E-state index in [1.807, 2.05) is 0 Å². The summed E-state index contributed by atoms with van der Waals surface area (Å²) < 4.78 is 2.32. The zero-order valence-electron chi connectivity index (χ0n) is 12.4. The molecule has 0 aliphatic heterocycles. The number of hydrogen-bond donors (Lipinski definition) is 2. The average molecular weight is 355 g/mol. The number of hydrogen-bond acceptors (Lipinski definition) is 4. The number of nitrogens with one attached hydrogen (secondary N) is 1. The molecule has 3 rings (SSSR count). The fourth-order valence-electron chi connectivity index (χ4n) is 2.96. The highest BCUT2D eigenvalue weighted by Gasteiger charge is 2.41. The Hall–Kier alpha value is -0.880. The molecule has 0 radical (unpaired) electrons. The number of nitrogens with two attached hydrogens (primary N) is 1. The van der Waals surface area contributed by atoms with E-state index in [1.165, 1.54) is 32.1 Å². The van der Waals surface area contributed by atoms with Crippen molar-refractivity contribution in [1.82, 2.24) is 9.78 Å². The molecule has 116 valence electrons. The van der Waals surface area contributed by atoms with E-state index in [0.29, 0.717) is 24.1 Å². The maximum absolute atomic E-state index is 12.7. The summed E-state index contributed by atoms with van der Waals surface area (Å²) in [7, 11) is 0. The summed E-state index contributed by atoms with van der Waals surface area (Å²) in [6.07, 6.45) is 7.75. The number of rotatable bonds is 6. The highest BCUT2D eigenvalue weighted by atomic mass is 79.9. The Morgan fingerprint density at radius 3 is 2.71 bits per heavy atom. The van der Waals surface area contributed by atoms with E-state index in [1.54, 1.807) is 10.9 Å². The second-order valence-electron chi connectivity index (χ2n) is 6.67. The lowest BCUT2D eigenvalue weighted by molar-refractivity contribution is 0.261. The molecule has 0 amide bonds. The van der Waals surface area contributed by atoms with Gasteiger partial charge < -0.3 is 11.1 Å². The second kappa shape index (κ2) is 5.72. The molecule has 2 aliphatic rings. The summed E-state index contributed by atoms with van der Waals surface area (Å²) in [5.74, 6) is 1.16. The standard InChI is InChI=1S/C15H23BrN4O/c1-15(9-17,11-5-6-11)19-13-12(16)7-18-20(14(13)21)8-10-3-2-4-10/h7,10-11,19H,2-6,8-9,17H2,1H3. The lowest BCUT2D eigenvalue weighted by atomic mass is 9.85. The van der Waals surface area contributed by atoms with Crippen molar-refractivity contribution in [1.29, 1.82) is 0 Å². The van der Waals surface area contributed by atoms with Crippen LogP contribution in [0, 0.1) is 11.8 Å². The van der Waals surface area contributed by atoms with E-state index in [0.717, 1.165) is 11.0 Å². The van der Waals surface area contributed by atoms with Crippen LogP contribution in [-0.4, -0.2) is 21.9 Å². The fraction of sp³-hybridized carbons (Fsp3) is 0.733. The first-order valence-corrected chi connectivity index (χ1v) is 8.56. The van der Waals surface area contributed by atoms with E-state index in [9.17, 15) is 4.79 Å². The Morgan fingerprint density at radius 2 is 2.19 bits per heavy atom. The minimum Gasteiger partial charge on any atom is -0.373 e. The molecule has 1 aromatic heterocycles. The average Bonchev–Trinajstić information content (AvgIpc) is 3.25. The first-order valence-electron chi connectivity index (χ1n) is 7.77. The molecule has 21 heavy (non-hydrogen) atoms. The fourth-order valence-corrected chi connectivity index (χ4v) is 3.32. The van der Waals surface area contributed by atoms with Gasteiger partial charge in [0, 0.05) is 18.6 Å². The van der Waals surface area contributed by atoms with Crippen LogP contribution in [0.4, 0.5) is 5.69 Å². The van der Waals surface area contributed by atoms with Gasteiger partial charge in [0.05, 0.1) is 10.7 Å². The van der Waals surface area contributed by atoms with Crippen LogP contribution in [-0.2, 0) is 6.54 Å². The van der Waals surface area contributed by atoms with E-state index in [4.69, 9.17) is 5.73 Å². The van der Waals surface area contributed by atoms with Crippen LogP contribution in [0.25, 0.3) is 0 Å². The first kappa shape index (κ1) is 15.0. The van der Waals surface area contributed by atoms with Crippen LogP contribution in [0.1, 0.15) is 39.0 Å². The molecule has 2 aliphatic carbocycles. The Kier molecular flexibility index (Phi) is 4.10. The SMILES string of the molecule is CC(CN)(Nc1c(Br)cnn(CC2CCC2)c1=O)C1CC1. The highest BCUT2D eigenvalue weighted by Crippen LogP contribution is 2.41. The maximum Gasteiger partial charge on any atom is 0.291 e. The minimum absolute atomic E-state index is 0.0448. The van der Waals surface area contributed by atoms with Crippen LogP contribution >= 0.6 is 15.9 Å². The van der Waals surface area contributed by atoms with Crippen molar-refractivity contribution in [3.05, 3.63) is 21.0 Å². The first-order chi connectivity index (χ1) is 10.0. The smallest absolute Gasteiger partial charge is 0.291 e. The number of aromatic nitrogens is 2. The molecule has 0 saturated heterocycles. The van der Waals surface area contributed by atoms with Crippen LogP contribution in [0.15, 0.2) is 15.5 Å². The lowest BCUT2D eigenvalue weighted by Gasteiger charge is -2.31. The number of anilines is 1. The molecule has 2 fully saturated rings. The van der Waals surface area contributed by atoms with Crippen molar-refractivity contribution >= 4 is 21.6 Å². The van der Waals surface area contributed by atoms with Gasteiger partial charge in [-0.2, -0.15) is 5.10 Å². The van der Waals surface area contributed by atoms with Gasteiger partial charge >= 0.3 is 0 Å². The quantitative estimate of drug-likeness (QED) is 0.822. The van der Waals surface area contributed by atoms with Crippen molar-refractivity contribution in [3.8, 4) is 0 Å². The largest absolute Gasteiger partial charge is 0.373 e. The van der Waals surface area contributed by atoms with Crippen LogP contribution in [0.2, 0.25) is 0 Å². The third-order valence-corrected chi connectivity index (χ3v) is 5.57. The molecule has 0 spiro atoms. The molecule has 5 nitrogen and oxygen atoms in total. The molecule has 1 aromatic rings. The van der Waals surface area contributed by atoms with Gasteiger partial charge in [0.1, 0.15) is 5.69 Å². The zero-order valence-corrected chi connectivity index (χ0v) is 14.0. The van der Waals surface area contributed by atoms with Crippen molar-refractivity contribution in [3.63, 3.8) is 0 Å². The van der Waals surface area contributed by atoms with Gasteiger partial charge in [0.2, 0.25) is 0 Å². The van der Waals surface area contributed by atoms with E-state index >= 15 is 0 Å². The topological polar surface area (TPSA) is 72.9 Å². The predicted octanol–water partition coefficient (Wildman–Crippen LogP) is 2.35. The highest BCUT2D eigenvalue weighted by molar-refractivity contribution is 9.10. The summed E-state index contributed by atoms with van der Waals surface area (Å²) in [6, 6.07) is 0. The Bertz CT molecular complexity index is 580. The van der Waals surface area contributed by atoms with E-state index < -0.39 is 0 Å². The second-order valence-corrected chi connectivity index (χ2v) is 7.53. The Labute approximate surface area is 133 Å². The number of nitrogens with zero attached hydrogens (tertiary/aromatic N) is 2. The van der Waals surface area contributed by atoms with Gasteiger partial charge in [-0.3, -0.25) is 4.79 Å². The van der Waals surface area contributed by atoms with Gasteiger partial charge in [-0.15, -0.1) is 0 Å². The van der Waals surface area contributed by atoms with Crippen LogP contribution in [0.3, 0.4) is 0 Å². The molecular formula is C15H23BrN4O. The molecule has 3 N–H and O–H groups in total. The lowest BCUT2D eigenvalue weighted by Crippen LogP contribution is -2.46. The predicted molar refractivity (Wildman–Crippen MR) is 87.3 cm³/mol. The minimum atomic E-state index is -0.211. The van der Waals surface area contributed by atoms with Crippen molar-refractivity contribution in [2.24, 2.45) is 17.6 Å². The maximum atomic E-state index is 12.7. The molecule has 2 saturated carbocycles. The number of halogens is 1. The molecule has 0 bridgehead atoms. The van der Waals surface area contributed by atoms with Crippen LogP contribution < -0.4 is 16.6 Å². The summed E-state index contributed by atoms with van der Waals surface area (Å²) in [6.45, 7) is 3.35. The molecule has 0 aromatic carbocycles. The van der Waals surface area contributed by atoms with E-state index in [-0.39, 0.29) is 11.1 Å². The van der Waals surface area contributed by atoms with Gasteiger partial charge in [-0.25, -0.2) is 4.68 Å². The molecule has 1 atom stereocenters. The Morgan fingerprint density at radius 1 is 1.48 bits per heavy atom. The normalized spacial score (nSPS) is 21.7. The summed E-state index contributed by atoms with van der Waals surface area (Å²) in [4.78, 5) is 12.7. The summed E-state index contributed by atoms with van der Waals surface area (Å²) in [5.41, 5.74) is 6.29. The van der Waals surface area contributed by atoms with E-state index in [2.05, 4.69) is 33.3 Å². The molecule has 1 unspecified atom stereocenters. The molecule has 6 heteroatoms. The summed E-state index contributed by atoms with van der Waals surface area (Å²) >= 11 is 3.45. The third-order valence-electron chi connectivity index (χ3n) is 4.97.